The molecule has 1 heterocycles. The normalized spacial score (nSPS) is 21.4. The Morgan fingerprint density at radius 1 is 1.44 bits per heavy atom. The summed E-state index contributed by atoms with van der Waals surface area (Å²) in [5.74, 6) is 2.58. The lowest BCUT2D eigenvalue weighted by Crippen LogP contribution is -2.42. The summed E-state index contributed by atoms with van der Waals surface area (Å²) < 4.78 is 5.95. The smallest absolute Gasteiger partial charge is 0.133 e. The Labute approximate surface area is 102 Å². The Bertz CT molecular complexity index is 354. The van der Waals surface area contributed by atoms with E-state index in [9.17, 15) is 0 Å². The minimum Gasteiger partial charge on any atom is -0.487 e. The molecule has 0 saturated heterocycles. The van der Waals surface area contributed by atoms with Gasteiger partial charge in [0.25, 0.3) is 0 Å². The number of thioether (sulfide) groups is 1. The number of rotatable bonds is 3. The van der Waals surface area contributed by atoms with E-state index >= 15 is 0 Å². The molecule has 3 heteroatoms. The van der Waals surface area contributed by atoms with Crippen molar-refractivity contribution < 1.29 is 4.74 Å². The lowest BCUT2D eigenvalue weighted by atomic mass is 10.0. The Kier molecular flexibility index (Phi) is 3.77. The van der Waals surface area contributed by atoms with Crippen molar-refractivity contribution in [3.05, 3.63) is 24.3 Å². The van der Waals surface area contributed by atoms with E-state index in [2.05, 4.69) is 19.9 Å². The maximum absolute atomic E-state index is 6.17. The maximum Gasteiger partial charge on any atom is 0.133 e. The number of nitrogens with two attached hydrogens (primary N) is 1. The predicted octanol–water partition coefficient (Wildman–Crippen LogP) is 2.91. The predicted molar refractivity (Wildman–Crippen MR) is 69.0 cm³/mol. The van der Waals surface area contributed by atoms with Gasteiger partial charge >= 0.3 is 0 Å². The minimum atomic E-state index is 0.140. The van der Waals surface area contributed by atoms with Crippen LogP contribution < -0.4 is 10.5 Å². The average Bonchev–Trinajstić information content (AvgIpc) is 2.27. The molecule has 0 radical (unpaired) electrons. The van der Waals surface area contributed by atoms with Crippen molar-refractivity contribution in [2.24, 2.45) is 11.7 Å². The molecule has 2 atom stereocenters. The summed E-state index contributed by atoms with van der Waals surface area (Å²) in [6.45, 7) is 4.40. The third kappa shape index (κ3) is 2.71. The molecule has 2 N–H and O–H groups in total. The van der Waals surface area contributed by atoms with Crippen LogP contribution in [0.5, 0.6) is 5.75 Å². The lowest BCUT2D eigenvalue weighted by molar-refractivity contribution is 0.173. The van der Waals surface area contributed by atoms with Crippen LogP contribution in [0.1, 0.15) is 20.3 Å². The highest BCUT2D eigenvalue weighted by atomic mass is 32.2. The van der Waals surface area contributed by atoms with Crippen LogP contribution in [0.2, 0.25) is 0 Å². The van der Waals surface area contributed by atoms with Crippen LogP contribution in [-0.2, 0) is 0 Å². The van der Waals surface area contributed by atoms with Gasteiger partial charge in [0.15, 0.2) is 0 Å². The summed E-state index contributed by atoms with van der Waals surface area (Å²) in [5.41, 5.74) is 6.17. The summed E-state index contributed by atoms with van der Waals surface area (Å²) in [6.07, 6.45) is 1.18. The number of ether oxygens (including phenoxy) is 1. The Morgan fingerprint density at radius 2 is 2.19 bits per heavy atom. The Balaban J connectivity index is 2.02. The number of hydrogen-bond acceptors (Lipinski definition) is 3. The molecule has 0 saturated carbocycles. The van der Waals surface area contributed by atoms with Gasteiger partial charge in [-0.2, -0.15) is 0 Å². The van der Waals surface area contributed by atoms with Crippen LogP contribution in [0.3, 0.4) is 0 Å². The fourth-order valence-corrected chi connectivity index (χ4v) is 3.04. The van der Waals surface area contributed by atoms with E-state index in [-0.39, 0.29) is 12.1 Å². The topological polar surface area (TPSA) is 35.2 Å². The second-order valence-corrected chi connectivity index (χ2v) is 5.77. The van der Waals surface area contributed by atoms with Crippen LogP contribution >= 0.6 is 11.8 Å². The van der Waals surface area contributed by atoms with Gasteiger partial charge in [0.2, 0.25) is 0 Å². The molecule has 0 fully saturated rings. The molecule has 88 valence electrons. The van der Waals surface area contributed by atoms with E-state index < -0.39 is 0 Å². The molecule has 0 aromatic heterocycles. The molecule has 16 heavy (non-hydrogen) atoms. The third-order valence-electron chi connectivity index (χ3n) is 2.75. The van der Waals surface area contributed by atoms with E-state index in [1.807, 2.05) is 30.0 Å². The van der Waals surface area contributed by atoms with Gasteiger partial charge < -0.3 is 10.5 Å². The molecule has 0 spiro atoms. The highest BCUT2D eigenvalue weighted by Crippen LogP contribution is 2.35. The van der Waals surface area contributed by atoms with Crippen molar-refractivity contribution >= 4 is 11.8 Å². The Morgan fingerprint density at radius 3 is 2.94 bits per heavy atom. The molecule has 0 amide bonds. The molecular weight excluding hydrogens is 218 g/mol. The standard InChI is InChI=1S/C13H19NOS/c1-9(2)7-10(14)12-8-16-13-6-4-3-5-11(13)15-12/h3-6,9-10,12H,7-8,14H2,1-2H3. The molecule has 1 aliphatic rings. The maximum atomic E-state index is 6.17. The van der Waals surface area contributed by atoms with Crippen LogP contribution in [0.25, 0.3) is 0 Å². The molecule has 1 aromatic rings. The van der Waals surface area contributed by atoms with Gasteiger partial charge in [-0.25, -0.2) is 0 Å². The summed E-state index contributed by atoms with van der Waals surface area (Å²) in [7, 11) is 0. The van der Waals surface area contributed by atoms with Crippen molar-refractivity contribution in [2.75, 3.05) is 5.75 Å². The largest absolute Gasteiger partial charge is 0.487 e. The first-order valence-corrected chi connectivity index (χ1v) is 6.79. The summed E-state index contributed by atoms with van der Waals surface area (Å²) in [5, 5.41) is 0. The van der Waals surface area contributed by atoms with E-state index in [4.69, 9.17) is 10.5 Å². The van der Waals surface area contributed by atoms with Crippen LogP contribution in [0.4, 0.5) is 0 Å². The number of benzene rings is 1. The van der Waals surface area contributed by atoms with Gasteiger partial charge in [0.05, 0.1) is 0 Å². The van der Waals surface area contributed by atoms with E-state index in [0.29, 0.717) is 5.92 Å². The van der Waals surface area contributed by atoms with Crippen LogP contribution in [0, 0.1) is 5.92 Å². The summed E-state index contributed by atoms with van der Waals surface area (Å²) in [6, 6.07) is 8.32. The molecule has 2 unspecified atom stereocenters. The second-order valence-electron chi connectivity index (χ2n) is 4.71. The molecule has 0 bridgehead atoms. The Hall–Kier alpha value is -0.670. The third-order valence-corrected chi connectivity index (χ3v) is 3.90. The molecule has 0 aliphatic carbocycles. The van der Waals surface area contributed by atoms with Crippen LogP contribution in [-0.4, -0.2) is 17.9 Å². The van der Waals surface area contributed by atoms with Crippen molar-refractivity contribution in [1.82, 2.24) is 0 Å². The van der Waals surface area contributed by atoms with E-state index in [1.54, 1.807) is 0 Å². The summed E-state index contributed by atoms with van der Waals surface area (Å²) in [4.78, 5) is 1.23. The van der Waals surface area contributed by atoms with Gasteiger partial charge in [-0.3, -0.25) is 0 Å². The van der Waals surface area contributed by atoms with Crippen molar-refractivity contribution in [3.63, 3.8) is 0 Å². The van der Waals surface area contributed by atoms with Crippen molar-refractivity contribution in [2.45, 2.75) is 37.3 Å². The first kappa shape index (κ1) is 11.8. The zero-order valence-electron chi connectivity index (χ0n) is 9.85. The molecule has 1 aliphatic heterocycles. The van der Waals surface area contributed by atoms with E-state index in [0.717, 1.165) is 17.9 Å². The van der Waals surface area contributed by atoms with E-state index in [1.165, 1.54) is 4.90 Å². The monoisotopic (exact) mass is 237 g/mol. The molecule has 2 rings (SSSR count). The molecule has 1 aromatic carbocycles. The first-order valence-electron chi connectivity index (χ1n) is 5.81. The number of fused-ring (bicyclic) bond motifs is 1. The number of para-hydroxylation sites is 1. The SMILES string of the molecule is CC(C)CC(N)C1CSc2ccccc2O1. The molecule has 2 nitrogen and oxygen atoms in total. The molecular formula is C13H19NOS. The zero-order chi connectivity index (χ0) is 11.5. The second kappa shape index (κ2) is 5.11. The van der Waals surface area contributed by atoms with Crippen molar-refractivity contribution in [3.8, 4) is 5.75 Å². The average molecular weight is 237 g/mol. The van der Waals surface area contributed by atoms with Gasteiger partial charge in [0, 0.05) is 16.7 Å². The van der Waals surface area contributed by atoms with Gasteiger partial charge in [0.1, 0.15) is 11.9 Å². The van der Waals surface area contributed by atoms with Gasteiger partial charge in [-0.1, -0.05) is 26.0 Å². The van der Waals surface area contributed by atoms with Gasteiger partial charge in [-0.15, -0.1) is 11.8 Å². The van der Waals surface area contributed by atoms with Gasteiger partial charge in [-0.05, 0) is 24.5 Å². The quantitative estimate of drug-likeness (QED) is 0.878. The first-order chi connectivity index (χ1) is 7.66. The minimum absolute atomic E-state index is 0.140. The highest BCUT2D eigenvalue weighted by molar-refractivity contribution is 7.99. The zero-order valence-corrected chi connectivity index (χ0v) is 10.7. The summed E-state index contributed by atoms with van der Waals surface area (Å²) >= 11 is 1.85. The fraction of sp³-hybridized carbons (Fsp3) is 0.538. The highest BCUT2D eigenvalue weighted by Gasteiger charge is 2.25. The fourth-order valence-electron chi connectivity index (χ4n) is 1.94. The lowest BCUT2D eigenvalue weighted by Gasteiger charge is -2.30. The van der Waals surface area contributed by atoms with Crippen molar-refractivity contribution in [1.29, 1.82) is 0 Å². The number of hydrogen-bond donors (Lipinski definition) is 1. The van der Waals surface area contributed by atoms with Crippen LogP contribution in [0.15, 0.2) is 29.2 Å².